The number of likely N-dealkylation sites (tertiary alicyclic amines) is 1. The summed E-state index contributed by atoms with van der Waals surface area (Å²) in [6.07, 6.45) is 6.54. The highest BCUT2D eigenvalue weighted by atomic mass is 16.2. The summed E-state index contributed by atoms with van der Waals surface area (Å²) in [5.74, 6) is 0.285. The third-order valence-electron chi connectivity index (χ3n) is 4.36. The van der Waals surface area contributed by atoms with Crippen molar-refractivity contribution < 1.29 is 4.79 Å². The molecule has 0 bridgehead atoms. The molecule has 1 fully saturated rings. The van der Waals surface area contributed by atoms with Crippen LogP contribution in [0.5, 0.6) is 0 Å². The molecule has 0 radical (unpaired) electrons. The zero-order valence-electron chi connectivity index (χ0n) is 12.9. The average Bonchev–Trinajstić information content (AvgIpc) is 2.70. The maximum absolute atomic E-state index is 12.7. The molecule has 2 atom stereocenters. The highest BCUT2D eigenvalue weighted by molar-refractivity contribution is 5.82. The first kappa shape index (κ1) is 15.1. The minimum atomic E-state index is -0.393. The first-order chi connectivity index (χ1) is 9.52. The topological polar surface area (TPSA) is 51.3 Å². The van der Waals surface area contributed by atoms with Crippen molar-refractivity contribution in [3.05, 3.63) is 24.0 Å². The SMILES string of the molecule is CC(C)[C@@H](N)C(=O)N1CCCCCC1c1cccn1C. The first-order valence-electron chi connectivity index (χ1n) is 7.69. The zero-order valence-corrected chi connectivity index (χ0v) is 12.9. The van der Waals surface area contributed by atoms with Crippen LogP contribution in [-0.2, 0) is 11.8 Å². The summed E-state index contributed by atoms with van der Waals surface area (Å²) in [6, 6.07) is 3.95. The van der Waals surface area contributed by atoms with E-state index in [1.165, 1.54) is 18.5 Å². The number of hydrogen-bond acceptors (Lipinski definition) is 2. The Kier molecular flexibility index (Phi) is 4.86. The molecular formula is C16H27N3O. The summed E-state index contributed by atoms with van der Waals surface area (Å²) in [4.78, 5) is 14.7. The molecule has 0 spiro atoms. The van der Waals surface area contributed by atoms with Crippen LogP contribution in [0.15, 0.2) is 18.3 Å². The van der Waals surface area contributed by atoms with Crippen molar-refractivity contribution in [3.63, 3.8) is 0 Å². The van der Waals surface area contributed by atoms with Gasteiger partial charge in [-0.1, -0.05) is 26.7 Å². The van der Waals surface area contributed by atoms with E-state index in [-0.39, 0.29) is 17.9 Å². The number of nitrogens with zero attached hydrogens (tertiary/aromatic N) is 2. The number of amides is 1. The average molecular weight is 277 g/mol. The Morgan fingerprint density at radius 3 is 2.70 bits per heavy atom. The van der Waals surface area contributed by atoms with Gasteiger partial charge in [-0.05, 0) is 30.9 Å². The summed E-state index contributed by atoms with van der Waals surface area (Å²) in [5, 5.41) is 0. The molecule has 112 valence electrons. The number of nitrogens with two attached hydrogens (primary N) is 1. The fraction of sp³-hybridized carbons (Fsp3) is 0.688. The van der Waals surface area contributed by atoms with Crippen molar-refractivity contribution in [3.8, 4) is 0 Å². The van der Waals surface area contributed by atoms with Crippen molar-refractivity contribution in [2.45, 2.75) is 51.6 Å². The van der Waals surface area contributed by atoms with E-state index in [4.69, 9.17) is 5.73 Å². The molecule has 1 amide bonds. The number of hydrogen-bond donors (Lipinski definition) is 1. The molecule has 2 heterocycles. The Morgan fingerprint density at radius 1 is 1.35 bits per heavy atom. The van der Waals surface area contributed by atoms with Crippen molar-refractivity contribution in [2.24, 2.45) is 18.7 Å². The van der Waals surface area contributed by atoms with Gasteiger partial charge < -0.3 is 15.2 Å². The summed E-state index contributed by atoms with van der Waals surface area (Å²) < 4.78 is 2.12. The van der Waals surface area contributed by atoms with Crippen LogP contribution >= 0.6 is 0 Å². The fourth-order valence-electron chi connectivity index (χ4n) is 2.98. The Bertz CT molecular complexity index is 452. The molecule has 1 saturated heterocycles. The van der Waals surface area contributed by atoms with E-state index in [0.717, 1.165) is 19.4 Å². The summed E-state index contributed by atoms with van der Waals surface area (Å²) in [7, 11) is 2.05. The normalized spacial score (nSPS) is 21.9. The van der Waals surface area contributed by atoms with E-state index in [2.05, 4.69) is 10.6 Å². The molecule has 4 nitrogen and oxygen atoms in total. The molecule has 2 rings (SSSR count). The lowest BCUT2D eigenvalue weighted by atomic mass is 10.0. The van der Waals surface area contributed by atoms with Crippen molar-refractivity contribution in [1.29, 1.82) is 0 Å². The van der Waals surface area contributed by atoms with Gasteiger partial charge in [-0.2, -0.15) is 0 Å². The van der Waals surface area contributed by atoms with Crippen LogP contribution in [0.3, 0.4) is 0 Å². The zero-order chi connectivity index (χ0) is 14.7. The lowest BCUT2D eigenvalue weighted by Crippen LogP contribution is -2.48. The minimum Gasteiger partial charge on any atom is -0.353 e. The highest BCUT2D eigenvalue weighted by Gasteiger charge is 2.31. The van der Waals surface area contributed by atoms with Gasteiger partial charge in [0.25, 0.3) is 0 Å². The minimum absolute atomic E-state index is 0.105. The van der Waals surface area contributed by atoms with Crippen LogP contribution in [-0.4, -0.2) is 28.0 Å². The van der Waals surface area contributed by atoms with Gasteiger partial charge in [-0.25, -0.2) is 0 Å². The molecule has 1 aliphatic rings. The van der Waals surface area contributed by atoms with Gasteiger partial charge in [0, 0.05) is 25.5 Å². The Hall–Kier alpha value is -1.29. The molecule has 0 aromatic carbocycles. The predicted molar refractivity (Wildman–Crippen MR) is 81.1 cm³/mol. The van der Waals surface area contributed by atoms with E-state index in [1.807, 2.05) is 38.1 Å². The quantitative estimate of drug-likeness (QED) is 0.922. The summed E-state index contributed by atoms with van der Waals surface area (Å²) in [5.41, 5.74) is 7.32. The van der Waals surface area contributed by atoms with Gasteiger partial charge >= 0.3 is 0 Å². The molecule has 1 aromatic rings. The number of carbonyl (C=O) groups excluding carboxylic acids is 1. The van der Waals surface area contributed by atoms with E-state index >= 15 is 0 Å². The second kappa shape index (κ2) is 6.44. The van der Waals surface area contributed by atoms with Crippen LogP contribution in [0.4, 0.5) is 0 Å². The lowest BCUT2D eigenvalue weighted by molar-refractivity contribution is -0.136. The summed E-state index contributed by atoms with van der Waals surface area (Å²) in [6.45, 7) is 4.85. The van der Waals surface area contributed by atoms with Gasteiger partial charge in [0.05, 0.1) is 12.1 Å². The highest BCUT2D eigenvalue weighted by Crippen LogP contribution is 2.31. The van der Waals surface area contributed by atoms with Gasteiger partial charge in [-0.15, -0.1) is 0 Å². The Labute approximate surface area is 121 Å². The van der Waals surface area contributed by atoms with Gasteiger partial charge in [0.2, 0.25) is 5.91 Å². The van der Waals surface area contributed by atoms with E-state index in [9.17, 15) is 4.79 Å². The third-order valence-corrected chi connectivity index (χ3v) is 4.36. The van der Waals surface area contributed by atoms with Crippen LogP contribution in [0.2, 0.25) is 0 Å². The molecule has 1 aromatic heterocycles. The van der Waals surface area contributed by atoms with Crippen molar-refractivity contribution >= 4 is 5.91 Å². The van der Waals surface area contributed by atoms with Crippen molar-refractivity contribution in [2.75, 3.05) is 6.54 Å². The fourth-order valence-corrected chi connectivity index (χ4v) is 2.98. The lowest BCUT2D eigenvalue weighted by Gasteiger charge is -2.33. The molecule has 1 unspecified atom stereocenters. The van der Waals surface area contributed by atoms with Gasteiger partial charge in [0.15, 0.2) is 0 Å². The maximum Gasteiger partial charge on any atom is 0.240 e. The number of carbonyl (C=O) groups is 1. The van der Waals surface area contributed by atoms with Crippen LogP contribution in [0.1, 0.15) is 51.3 Å². The molecule has 1 aliphatic heterocycles. The summed E-state index contributed by atoms with van der Waals surface area (Å²) >= 11 is 0. The third kappa shape index (κ3) is 3.06. The monoisotopic (exact) mass is 277 g/mol. The van der Waals surface area contributed by atoms with E-state index in [1.54, 1.807) is 0 Å². The first-order valence-corrected chi connectivity index (χ1v) is 7.69. The van der Waals surface area contributed by atoms with Crippen LogP contribution in [0, 0.1) is 5.92 Å². The Morgan fingerprint density at radius 2 is 2.10 bits per heavy atom. The van der Waals surface area contributed by atoms with Crippen LogP contribution in [0.25, 0.3) is 0 Å². The Balaban J connectivity index is 2.26. The van der Waals surface area contributed by atoms with Crippen molar-refractivity contribution in [1.82, 2.24) is 9.47 Å². The van der Waals surface area contributed by atoms with E-state index < -0.39 is 6.04 Å². The second-order valence-electron chi connectivity index (χ2n) is 6.21. The standard InChI is InChI=1S/C16H27N3O/c1-12(2)15(17)16(20)19-11-6-4-5-8-14(19)13-9-7-10-18(13)3/h7,9-10,12,14-15H,4-6,8,11,17H2,1-3H3/t14?,15-/m1/s1. The number of aryl methyl sites for hydroxylation is 1. The predicted octanol–water partition coefficient (Wildman–Crippen LogP) is 2.45. The number of aromatic nitrogens is 1. The molecule has 20 heavy (non-hydrogen) atoms. The number of rotatable bonds is 3. The maximum atomic E-state index is 12.7. The van der Waals surface area contributed by atoms with E-state index in [0.29, 0.717) is 0 Å². The smallest absolute Gasteiger partial charge is 0.240 e. The van der Waals surface area contributed by atoms with Gasteiger partial charge in [0.1, 0.15) is 0 Å². The molecule has 0 saturated carbocycles. The van der Waals surface area contributed by atoms with Gasteiger partial charge in [-0.3, -0.25) is 4.79 Å². The largest absolute Gasteiger partial charge is 0.353 e. The molecule has 0 aliphatic carbocycles. The van der Waals surface area contributed by atoms with Crippen LogP contribution < -0.4 is 5.73 Å². The molecule has 4 heteroatoms. The second-order valence-corrected chi connectivity index (χ2v) is 6.21. The molecular weight excluding hydrogens is 250 g/mol. The molecule has 2 N–H and O–H groups in total.